The van der Waals surface area contributed by atoms with Gasteiger partial charge in [-0.2, -0.15) is 0 Å². The van der Waals surface area contributed by atoms with Crippen molar-refractivity contribution >= 4 is 45.6 Å². The SMILES string of the molecule is Cl.NCC1CCCC1NS(=O)(=O)c1c(Cl)cccc1Cl. The van der Waals surface area contributed by atoms with Gasteiger partial charge in [-0.1, -0.05) is 35.7 Å². The first-order chi connectivity index (χ1) is 8.95. The number of halogens is 3. The van der Waals surface area contributed by atoms with E-state index >= 15 is 0 Å². The zero-order valence-corrected chi connectivity index (χ0v) is 13.8. The molecule has 2 unspecified atom stereocenters. The molecule has 0 heterocycles. The summed E-state index contributed by atoms with van der Waals surface area (Å²) in [7, 11) is -3.72. The van der Waals surface area contributed by atoms with E-state index in [0.29, 0.717) is 6.54 Å². The largest absolute Gasteiger partial charge is 0.330 e. The molecule has 0 radical (unpaired) electrons. The molecule has 1 aliphatic carbocycles. The predicted molar refractivity (Wildman–Crippen MR) is 84.2 cm³/mol. The second-order valence-corrected chi connectivity index (χ2v) is 7.17. The van der Waals surface area contributed by atoms with Crippen molar-refractivity contribution in [2.24, 2.45) is 11.7 Å². The highest BCUT2D eigenvalue weighted by Gasteiger charge is 2.32. The first-order valence-corrected chi connectivity index (χ1v) is 8.36. The third-order valence-electron chi connectivity index (χ3n) is 3.46. The van der Waals surface area contributed by atoms with Crippen molar-refractivity contribution in [1.82, 2.24) is 4.72 Å². The zero-order valence-electron chi connectivity index (χ0n) is 10.7. The molecule has 0 aromatic heterocycles. The number of sulfonamides is 1. The van der Waals surface area contributed by atoms with Crippen molar-refractivity contribution in [3.05, 3.63) is 28.2 Å². The summed E-state index contributed by atoms with van der Waals surface area (Å²) in [6, 6.07) is 4.50. The standard InChI is InChI=1S/C12H16Cl2N2O2S.ClH/c13-9-4-2-5-10(14)12(9)19(17,18)16-11-6-1-3-8(11)7-15;/h2,4-5,8,11,16H,1,3,6-7,15H2;1H. The molecule has 2 rings (SSSR count). The van der Waals surface area contributed by atoms with Crippen molar-refractivity contribution in [3.63, 3.8) is 0 Å². The van der Waals surface area contributed by atoms with E-state index in [1.54, 1.807) is 6.07 Å². The first-order valence-electron chi connectivity index (χ1n) is 6.12. The van der Waals surface area contributed by atoms with Crippen molar-refractivity contribution < 1.29 is 8.42 Å². The fourth-order valence-electron chi connectivity index (χ4n) is 2.47. The van der Waals surface area contributed by atoms with E-state index < -0.39 is 10.0 Å². The summed E-state index contributed by atoms with van der Waals surface area (Å²) in [5, 5.41) is 0.254. The molecule has 20 heavy (non-hydrogen) atoms. The fourth-order valence-corrected chi connectivity index (χ4v) is 4.95. The average molecular weight is 360 g/mol. The maximum Gasteiger partial charge on any atom is 0.243 e. The van der Waals surface area contributed by atoms with Gasteiger partial charge in [0.1, 0.15) is 4.90 Å². The summed E-state index contributed by atoms with van der Waals surface area (Å²) in [6.45, 7) is 0.476. The third kappa shape index (κ3) is 3.78. The van der Waals surface area contributed by atoms with Crippen LogP contribution in [-0.4, -0.2) is 21.0 Å². The molecule has 114 valence electrons. The molecule has 8 heteroatoms. The summed E-state index contributed by atoms with van der Waals surface area (Å²) in [5.41, 5.74) is 5.65. The lowest BCUT2D eigenvalue weighted by Crippen LogP contribution is -2.40. The Balaban J connectivity index is 0.00000200. The van der Waals surface area contributed by atoms with Crippen molar-refractivity contribution in [3.8, 4) is 0 Å². The second kappa shape index (κ2) is 7.29. The van der Waals surface area contributed by atoms with Crippen LogP contribution >= 0.6 is 35.6 Å². The van der Waals surface area contributed by atoms with Gasteiger partial charge in [0.15, 0.2) is 0 Å². The topological polar surface area (TPSA) is 72.2 Å². The van der Waals surface area contributed by atoms with Gasteiger partial charge < -0.3 is 5.73 Å². The quantitative estimate of drug-likeness (QED) is 0.868. The van der Waals surface area contributed by atoms with Gasteiger partial charge in [-0.05, 0) is 37.4 Å². The molecule has 0 bridgehead atoms. The van der Waals surface area contributed by atoms with Gasteiger partial charge in [0, 0.05) is 6.04 Å². The monoisotopic (exact) mass is 358 g/mol. The molecule has 1 fully saturated rings. The van der Waals surface area contributed by atoms with Gasteiger partial charge in [-0.3, -0.25) is 0 Å². The molecule has 0 saturated heterocycles. The number of benzene rings is 1. The fraction of sp³-hybridized carbons (Fsp3) is 0.500. The lowest BCUT2D eigenvalue weighted by atomic mass is 10.1. The highest BCUT2D eigenvalue weighted by molar-refractivity contribution is 7.89. The van der Waals surface area contributed by atoms with E-state index in [2.05, 4.69) is 4.72 Å². The highest BCUT2D eigenvalue weighted by atomic mass is 35.5. The van der Waals surface area contributed by atoms with Crippen molar-refractivity contribution in [1.29, 1.82) is 0 Å². The summed E-state index contributed by atoms with van der Waals surface area (Å²) >= 11 is 11.9. The molecule has 1 aromatic carbocycles. The Morgan fingerprint density at radius 1 is 1.25 bits per heavy atom. The van der Waals surface area contributed by atoms with Crippen molar-refractivity contribution in [2.75, 3.05) is 6.54 Å². The molecule has 1 saturated carbocycles. The molecule has 1 aliphatic rings. The van der Waals surface area contributed by atoms with Gasteiger partial charge in [0.25, 0.3) is 0 Å². The number of nitrogens with one attached hydrogen (secondary N) is 1. The lowest BCUT2D eigenvalue weighted by Gasteiger charge is -2.20. The van der Waals surface area contributed by atoms with Gasteiger partial charge in [0.05, 0.1) is 10.0 Å². The molecule has 2 atom stereocenters. The normalized spacial score (nSPS) is 22.6. The highest BCUT2D eigenvalue weighted by Crippen LogP contribution is 2.31. The third-order valence-corrected chi connectivity index (χ3v) is 5.90. The van der Waals surface area contributed by atoms with Gasteiger partial charge in [-0.25, -0.2) is 13.1 Å². The van der Waals surface area contributed by atoms with E-state index in [4.69, 9.17) is 28.9 Å². The minimum atomic E-state index is -3.72. The smallest absolute Gasteiger partial charge is 0.243 e. The number of rotatable bonds is 4. The Morgan fingerprint density at radius 3 is 2.40 bits per heavy atom. The van der Waals surface area contributed by atoms with Gasteiger partial charge >= 0.3 is 0 Å². The Morgan fingerprint density at radius 2 is 1.85 bits per heavy atom. The predicted octanol–water partition coefficient (Wildman–Crippen LogP) is 2.82. The minimum Gasteiger partial charge on any atom is -0.330 e. The number of hydrogen-bond acceptors (Lipinski definition) is 3. The Bertz CT molecular complexity index is 546. The molecule has 3 N–H and O–H groups in total. The molecule has 1 aromatic rings. The van der Waals surface area contributed by atoms with Crippen LogP contribution in [0.15, 0.2) is 23.1 Å². The van der Waals surface area contributed by atoms with Crippen LogP contribution in [0.3, 0.4) is 0 Å². The number of hydrogen-bond donors (Lipinski definition) is 2. The summed E-state index contributed by atoms with van der Waals surface area (Å²) in [5.74, 6) is 0.177. The first kappa shape index (κ1) is 18.0. The zero-order chi connectivity index (χ0) is 14.0. The van der Waals surface area contributed by atoms with E-state index in [0.717, 1.165) is 19.3 Å². The maximum absolute atomic E-state index is 12.4. The van der Waals surface area contributed by atoms with Crippen LogP contribution in [0.2, 0.25) is 10.0 Å². The summed E-state index contributed by atoms with van der Waals surface area (Å²) in [4.78, 5) is -0.0546. The van der Waals surface area contributed by atoms with Crippen LogP contribution in [0.25, 0.3) is 0 Å². The van der Waals surface area contributed by atoms with Crippen molar-refractivity contribution in [2.45, 2.75) is 30.2 Å². The Kier molecular flexibility index (Phi) is 6.57. The van der Waals surface area contributed by atoms with Gasteiger partial charge in [-0.15, -0.1) is 12.4 Å². The molecule has 4 nitrogen and oxygen atoms in total. The van der Waals surface area contributed by atoms with Crippen LogP contribution in [0.4, 0.5) is 0 Å². The molecule has 0 aliphatic heterocycles. The molecule has 0 spiro atoms. The van der Waals surface area contributed by atoms with Crippen LogP contribution < -0.4 is 10.5 Å². The van der Waals surface area contributed by atoms with E-state index in [1.807, 2.05) is 0 Å². The van der Waals surface area contributed by atoms with E-state index in [-0.39, 0.29) is 39.3 Å². The number of nitrogens with two attached hydrogens (primary N) is 1. The second-order valence-electron chi connectivity index (χ2n) is 4.71. The van der Waals surface area contributed by atoms with Gasteiger partial charge in [0.2, 0.25) is 10.0 Å². The molecule has 0 amide bonds. The maximum atomic E-state index is 12.4. The molecular weight excluding hydrogens is 343 g/mol. The molecular formula is C12H17Cl3N2O2S. The van der Waals surface area contributed by atoms with Crippen LogP contribution in [0, 0.1) is 5.92 Å². The minimum absolute atomic E-state index is 0. The van der Waals surface area contributed by atoms with Crippen LogP contribution in [-0.2, 0) is 10.0 Å². The lowest BCUT2D eigenvalue weighted by molar-refractivity contribution is 0.453. The summed E-state index contributed by atoms with van der Waals surface area (Å²) < 4.78 is 27.4. The van der Waals surface area contributed by atoms with Crippen LogP contribution in [0.1, 0.15) is 19.3 Å². The Labute approximate surface area is 135 Å². The van der Waals surface area contributed by atoms with E-state index in [9.17, 15) is 8.42 Å². The van der Waals surface area contributed by atoms with E-state index in [1.165, 1.54) is 12.1 Å². The Hall–Kier alpha value is -0.0400. The summed E-state index contributed by atoms with van der Waals surface area (Å²) in [6.07, 6.45) is 2.72. The van der Waals surface area contributed by atoms with Crippen LogP contribution in [0.5, 0.6) is 0 Å². The average Bonchev–Trinajstić information content (AvgIpc) is 2.74.